The molecule has 0 atom stereocenters. The lowest BCUT2D eigenvalue weighted by molar-refractivity contribution is -0.384. The second kappa shape index (κ2) is 7.68. The molecule has 10 heteroatoms. The van der Waals surface area contributed by atoms with Crippen LogP contribution in [-0.2, 0) is 17.8 Å². The molecule has 1 heterocycles. The molecular formula is C17H12F2N4O4. The smallest absolute Gasteiger partial charge is 0.269 e. The second-order valence-electron chi connectivity index (χ2n) is 5.52. The summed E-state index contributed by atoms with van der Waals surface area (Å²) in [5, 5.41) is 16.8. The number of non-ortho nitro benzene ring substituents is 1. The fourth-order valence-corrected chi connectivity index (χ4v) is 2.24. The number of aromatic nitrogens is 2. The molecule has 8 nitrogen and oxygen atoms in total. The zero-order valence-corrected chi connectivity index (χ0v) is 13.7. The standard InChI is InChI=1S/C17H12F2N4O4/c18-11-3-6-14(19)13(7-11)17-21-15(22-27-17)8-16(24)20-9-10-1-4-12(5-2-10)23(25)26/h1-7H,8-9H2,(H,20,24). The van der Waals surface area contributed by atoms with Crippen molar-refractivity contribution in [3.05, 3.63) is 75.6 Å². The molecule has 0 saturated heterocycles. The fraction of sp³-hybridized carbons (Fsp3) is 0.118. The van der Waals surface area contributed by atoms with E-state index in [-0.39, 0.29) is 35.9 Å². The van der Waals surface area contributed by atoms with Crippen molar-refractivity contribution < 1.29 is 23.0 Å². The van der Waals surface area contributed by atoms with Gasteiger partial charge in [0.05, 0.1) is 16.9 Å². The largest absolute Gasteiger partial charge is 0.352 e. The Bertz CT molecular complexity index is 989. The lowest BCUT2D eigenvalue weighted by atomic mass is 10.2. The molecule has 0 unspecified atom stereocenters. The maximum atomic E-state index is 13.7. The van der Waals surface area contributed by atoms with Crippen LogP contribution in [0.15, 0.2) is 47.0 Å². The van der Waals surface area contributed by atoms with Gasteiger partial charge in [-0.2, -0.15) is 4.98 Å². The third-order valence-electron chi connectivity index (χ3n) is 3.58. The lowest BCUT2D eigenvalue weighted by Crippen LogP contribution is -2.25. The van der Waals surface area contributed by atoms with Gasteiger partial charge in [0, 0.05) is 18.7 Å². The molecule has 0 bridgehead atoms. The average Bonchev–Trinajstić information content (AvgIpc) is 3.10. The van der Waals surface area contributed by atoms with E-state index in [2.05, 4.69) is 15.5 Å². The quantitative estimate of drug-likeness (QED) is 0.525. The second-order valence-corrected chi connectivity index (χ2v) is 5.52. The van der Waals surface area contributed by atoms with Gasteiger partial charge in [-0.3, -0.25) is 14.9 Å². The van der Waals surface area contributed by atoms with Gasteiger partial charge in [0.15, 0.2) is 5.82 Å². The number of hydrogen-bond donors (Lipinski definition) is 1. The number of nitro benzene ring substituents is 1. The van der Waals surface area contributed by atoms with Crippen molar-refractivity contribution in [1.29, 1.82) is 0 Å². The van der Waals surface area contributed by atoms with E-state index in [4.69, 9.17) is 4.52 Å². The predicted molar refractivity (Wildman–Crippen MR) is 88.3 cm³/mol. The number of nitro groups is 1. The van der Waals surface area contributed by atoms with Gasteiger partial charge in [0.1, 0.15) is 11.6 Å². The minimum Gasteiger partial charge on any atom is -0.352 e. The van der Waals surface area contributed by atoms with E-state index in [0.717, 1.165) is 18.2 Å². The van der Waals surface area contributed by atoms with Gasteiger partial charge in [-0.05, 0) is 23.8 Å². The molecule has 1 amide bonds. The van der Waals surface area contributed by atoms with Crippen molar-refractivity contribution >= 4 is 11.6 Å². The minimum absolute atomic E-state index is 0.00913. The van der Waals surface area contributed by atoms with Crippen molar-refractivity contribution in [3.63, 3.8) is 0 Å². The molecule has 0 saturated carbocycles. The Morgan fingerprint density at radius 1 is 1.19 bits per heavy atom. The first-order valence-electron chi connectivity index (χ1n) is 7.70. The molecule has 0 aliphatic carbocycles. The molecule has 0 aliphatic rings. The van der Waals surface area contributed by atoms with Gasteiger partial charge in [-0.25, -0.2) is 8.78 Å². The zero-order valence-electron chi connectivity index (χ0n) is 13.7. The van der Waals surface area contributed by atoms with E-state index in [9.17, 15) is 23.7 Å². The van der Waals surface area contributed by atoms with Crippen LogP contribution in [0.5, 0.6) is 0 Å². The maximum Gasteiger partial charge on any atom is 0.269 e. The van der Waals surface area contributed by atoms with Crippen LogP contribution in [0.1, 0.15) is 11.4 Å². The summed E-state index contributed by atoms with van der Waals surface area (Å²) in [5.74, 6) is -2.04. The van der Waals surface area contributed by atoms with Crippen LogP contribution < -0.4 is 5.32 Å². The summed E-state index contributed by atoms with van der Waals surface area (Å²) >= 11 is 0. The van der Waals surface area contributed by atoms with Gasteiger partial charge < -0.3 is 9.84 Å². The molecule has 1 N–H and O–H groups in total. The van der Waals surface area contributed by atoms with Gasteiger partial charge in [0.2, 0.25) is 5.91 Å². The van der Waals surface area contributed by atoms with Crippen LogP contribution in [0, 0.1) is 21.7 Å². The van der Waals surface area contributed by atoms with E-state index in [0.29, 0.717) is 5.56 Å². The number of carbonyl (C=O) groups excluding carboxylic acids is 1. The monoisotopic (exact) mass is 374 g/mol. The molecule has 0 radical (unpaired) electrons. The van der Waals surface area contributed by atoms with Crippen LogP contribution in [-0.4, -0.2) is 21.0 Å². The van der Waals surface area contributed by atoms with Gasteiger partial charge >= 0.3 is 0 Å². The summed E-state index contributed by atoms with van der Waals surface area (Å²) in [6, 6.07) is 8.53. The number of amides is 1. The highest BCUT2D eigenvalue weighted by Crippen LogP contribution is 2.22. The zero-order chi connectivity index (χ0) is 19.4. The first-order valence-corrected chi connectivity index (χ1v) is 7.70. The number of benzene rings is 2. The molecule has 27 heavy (non-hydrogen) atoms. The number of nitrogens with zero attached hydrogens (tertiary/aromatic N) is 3. The topological polar surface area (TPSA) is 111 Å². The Morgan fingerprint density at radius 2 is 1.93 bits per heavy atom. The summed E-state index contributed by atoms with van der Waals surface area (Å²) in [5.41, 5.74) is 0.429. The highest BCUT2D eigenvalue weighted by molar-refractivity contribution is 5.77. The summed E-state index contributed by atoms with van der Waals surface area (Å²) < 4.78 is 31.8. The molecule has 0 fully saturated rings. The van der Waals surface area contributed by atoms with Crippen molar-refractivity contribution in [2.75, 3.05) is 0 Å². The van der Waals surface area contributed by atoms with Gasteiger partial charge in [-0.15, -0.1) is 0 Å². The molecule has 0 aliphatic heterocycles. The van der Waals surface area contributed by atoms with E-state index in [1.807, 2.05) is 0 Å². The Morgan fingerprint density at radius 3 is 2.63 bits per heavy atom. The van der Waals surface area contributed by atoms with Crippen LogP contribution in [0.25, 0.3) is 11.5 Å². The number of carbonyl (C=O) groups is 1. The number of nitrogens with one attached hydrogen (secondary N) is 1. The first kappa shape index (κ1) is 18.1. The van der Waals surface area contributed by atoms with Crippen LogP contribution in [0.2, 0.25) is 0 Å². The number of hydrogen-bond acceptors (Lipinski definition) is 6. The average molecular weight is 374 g/mol. The molecule has 3 aromatic rings. The maximum absolute atomic E-state index is 13.7. The van der Waals surface area contributed by atoms with Crippen molar-refractivity contribution in [3.8, 4) is 11.5 Å². The molecule has 138 valence electrons. The summed E-state index contributed by atoms with van der Waals surface area (Å²) in [4.78, 5) is 25.9. The molecule has 1 aromatic heterocycles. The predicted octanol–water partition coefficient (Wildman–Crippen LogP) is 2.78. The molecule has 0 spiro atoms. The van der Waals surface area contributed by atoms with Gasteiger partial charge in [0.25, 0.3) is 11.6 Å². The third kappa shape index (κ3) is 4.48. The normalized spacial score (nSPS) is 10.6. The van der Waals surface area contributed by atoms with Crippen molar-refractivity contribution in [2.45, 2.75) is 13.0 Å². The van der Waals surface area contributed by atoms with Crippen molar-refractivity contribution in [2.24, 2.45) is 0 Å². The van der Waals surface area contributed by atoms with E-state index >= 15 is 0 Å². The summed E-state index contributed by atoms with van der Waals surface area (Å²) in [6.45, 7) is 0.153. The Labute approximate surface area is 151 Å². The lowest BCUT2D eigenvalue weighted by Gasteiger charge is -2.03. The Hall–Kier alpha value is -3.69. The first-order chi connectivity index (χ1) is 12.9. The SMILES string of the molecule is O=C(Cc1noc(-c2cc(F)ccc2F)n1)NCc1ccc([N+](=O)[O-])cc1. The third-order valence-corrected chi connectivity index (χ3v) is 3.58. The molecule has 2 aromatic carbocycles. The number of halogens is 2. The van der Waals surface area contributed by atoms with E-state index in [1.54, 1.807) is 0 Å². The summed E-state index contributed by atoms with van der Waals surface area (Å²) in [6.07, 6.45) is -0.229. The van der Waals surface area contributed by atoms with E-state index in [1.165, 1.54) is 24.3 Å². The Balaban J connectivity index is 1.59. The van der Waals surface area contributed by atoms with Crippen molar-refractivity contribution in [1.82, 2.24) is 15.5 Å². The summed E-state index contributed by atoms with van der Waals surface area (Å²) in [7, 11) is 0. The Kier molecular flexibility index (Phi) is 5.15. The van der Waals surface area contributed by atoms with E-state index < -0.39 is 22.5 Å². The molecule has 3 rings (SSSR count). The minimum atomic E-state index is -0.728. The van der Waals surface area contributed by atoms with Crippen LogP contribution in [0.3, 0.4) is 0 Å². The van der Waals surface area contributed by atoms with Gasteiger partial charge in [-0.1, -0.05) is 17.3 Å². The highest BCUT2D eigenvalue weighted by atomic mass is 19.1. The van der Waals surface area contributed by atoms with Crippen LogP contribution >= 0.6 is 0 Å². The fourth-order valence-electron chi connectivity index (χ4n) is 2.24. The molecular weight excluding hydrogens is 362 g/mol. The van der Waals surface area contributed by atoms with Crippen LogP contribution in [0.4, 0.5) is 14.5 Å². The number of rotatable bonds is 6. The highest BCUT2D eigenvalue weighted by Gasteiger charge is 2.16.